The molecule has 0 aliphatic carbocycles. The van der Waals surface area contributed by atoms with Gasteiger partial charge in [-0.25, -0.2) is 0 Å². The lowest BCUT2D eigenvalue weighted by atomic mass is 10.1. The molecule has 0 aliphatic heterocycles. The quantitative estimate of drug-likeness (QED) is 0.631. The molecule has 0 spiro atoms. The number of anilines is 1. The van der Waals surface area contributed by atoms with Crippen molar-refractivity contribution in [2.75, 3.05) is 5.32 Å². The van der Waals surface area contributed by atoms with Crippen LogP contribution in [0.15, 0.2) is 30.9 Å². The second kappa shape index (κ2) is 6.73. The molecule has 1 aromatic carbocycles. The highest BCUT2D eigenvalue weighted by molar-refractivity contribution is 5.99. The van der Waals surface area contributed by atoms with Gasteiger partial charge in [0.15, 0.2) is 0 Å². The van der Waals surface area contributed by atoms with Crippen LogP contribution in [-0.2, 0) is 16.1 Å². The van der Waals surface area contributed by atoms with Gasteiger partial charge in [0.2, 0.25) is 12.3 Å². The zero-order valence-corrected chi connectivity index (χ0v) is 11.6. The van der Waals surface area contributed by atoms with Gasteiger partial charge in [0.25, 0.3) is 0 Å². The maximum absolute atomic E-state index is 11.4. The molecule has 0 unspecified atom stereocenters. The van der Waals surface area contributed by atoms with Crippen LogP contribution in [0, 0.1) is 6.92 Å². The van der Waals surface area contributed by atoms with Gasteiger partial charge >= 0.3 is 0 Å². The third-order valence-corrected chi connectivity index (χ3v) is 2.99. The molecule has 4 nitrogen and oxygen atoms in total. The topological polar surface area (TPSA) is 49.4 Å². The Morgan fingerprint density at radius 3 is 2.68 bits per heavy atom. The van der Waals surface area contributed by atoms with Crippen LogP contribution in [0.3, 0.4) is 0 Å². The van der Waals surface area contributed by atoms with Crippen molar-refractivity contribution in [1.82, 2.24) is 4.90 Å². The average Bonchev–Trinajstić information content (AvgIpc) is 2.37. The van der Waals surface area contributed by atoms with E-state index in [1.807, 2.05) is 39.0 Å². The van der Waals surface area contributed by atoms with Gasteiger partial charge in [0.1, 0.15) is 0 Å². The number of hydrogen-bond donors (Lipinski definition) is 1. The standard InChI is InChI=1S/C15H20N2O2/c1-5-15(19)16-14-8-6-7-12(4)13(14)9-17(10-18)11(2)3/h5-8,10-11H,1,9H2,2-4H3,(H,16,19). The molecule has 0 saturated heterocycles. The summed E-state index contributed by atoms with van der Waals surface area (Å²) in [6.45, 7) is 9.78. The first-order valence-corrected chi connectivity index (χ1v) is 6.22. The van der Waals surface area contributed by atoms with Gasteiger partial charge in [-0.3, -0.25) is 9.59 Å². The van der Waals surface area contributed by atoms with Gasteiger partial charge in [-0.1, -0.05) is 18.7 Å². The van der Waals surface area contributed by atoms with E-state index in [9.17, 15) is 9.59 Å². The van der Waals surface area contributed by atoms with Crippen LogP contribution >= 0.6 is 0 Å². The molecule has 1 aromatic rings. The summed E-state index contributed by atoms with van der Waals surface area (Å²) < 4.78 is 0. The Morgan fingerprint density at radius 2 is 2.16 bits per heavy atom. The Kier molecular flexibility index (Phi) is 5.30. The van der Waals surface area contributed by atoms with E-state index in [1.54, 1.807) is 4.90 Å². The minimum atomic E-state index is -0.256. The second-order valence-corrected chi connectivity index (χ2v) is 4.67. The van der Waals surface area contributed by atoms with E-state index in [-0.39, 0.29) is 11.9 Å². The van der Waals surface area contributed by atoms with Crippen molar-refractivity contribution in [2.24, 2.45) is 0 Å². The Bertz CT molecular complexity index is 481. The highest BCUT2D eigenvalue weighted by Gasteiger charge is 2.13. The van der Waals surface area contributed by atoms with E-state index in [0.29, 0.717) is 6.54 Å². The van der Waals surface area contributed by atoms with Crippen LogP contribution in [0.4, 0.5) is 5.69 Å². The number of hydrogen-bond acceptors (Lipinski definition) is 2. The third kappa shape index (κ3) is 3.95. The van der Waals surface area contributed by atoms with Crippen LogP contribution in [0.1, 0.15) is 25.0 Å². The Hall–Kier alpha value is -2.10. The predicted molar refractivity (Wildman–Crippen MR) is 76.7 cm³/mol. The van der Waals surface area contributed by atoms with Crippen molar-refractivity contribution in [3.63, 3.8) is 0 Å². The van der Waals surface area contributed by atoms with Gasteiger partial charge in [0.05, 0.1) is 0 Å². The molecular weight excluding hydrogens is 240 g/mol. The first-order valence-electron chi connectivity index (χ1n) is 6.22. The molecular formula is C15H20N2O2. The summed E-state index contributed by atoms with van der Waals surface area (Å²) in [5.74, 6) is -0.256. The first kappa shape index (κ1) is 15.0. The molecule has 0 bridgehead atoms. The summed E-state index contributed by atoms with van der Waals surface area (Å²) in [5, 5.41) is 2.77. The smallest absolute Gasteiger partial charge is 0.247 e. The molecule has 4 heteroatoms. The van der Waals surface area contributed by atoms with Gasteiger partial charge in [-0.2, -0.15) is 0 Å². The van der Waals surface area contributed by atoms with Crippen LogP contribution < -0.4 is 5.32 Å². The number of aryl methyl sites for hydroxylation is 1. The monoisotopic (exact) mass is 260 g/mol. The molecule has 0 saturated carbocycles. The van der Waals surface area contributed by atoms with Crippen molar-refractivity contribution in [3.8, 4) is 0 Å². The minimum absolute atomic E-state index is 0.111. The summed E-state index contributed by atoms with van der Waals surface area (Å²) in [5.41, 5.74) is 2.70. The Balaban J connectivity index is 3.06. The molecule has 1 N–H and O–H groups in total. The molecule has 102 valence electrons. The molecule has 0 heterocycles. The summed E-state index contributed by atoms with van der Waals surface area (Å²) in [7, 11) is 0. The van der Waals surface area contributed by atoms with E-state index in [0.717, 1.165) is 23.2 Å². The van der Waals surface area contributed by atoms with Crippen LogP contribution in [0.5, 0.6) is 0 Å². The summed E-state index contributed by atoms with van der Waals surface area (Å²) in [4.78, 5) is 24.2. The van der Waals surface area contributed by atoms with E-state index < -0.39 is 0 Å². The number of nitrogens with zero attached hydrogens (tertiary/aromatic N) is 1. The number of amides is 2. The van der Waals surface area contributed by atoms with E-state index >= 15 is 0 Å². The Morgan fingerprint density at radius 1 is 1.47 bits per heavy atom. The highest BCUT2D eigenvalue weighted by atomic mass is 16.1. The lowest BCUT2D eigenvalue weighted by Crippen LogP contribution is -2.29. The molecule has 19 heavy (non-hydrogen) atoms. The van der Waals surface area contributed by atoms with Gasteiger partial charge in [-0.05, 0) is 44.0 Å². The zero-order chi connectivity index (χ0) is 14.4. The van der Waals surface area contributed by atoms with Crippen LogP contribution in [-0.4, -0.2) is 23.3 Å². The SMILES string of the molecule is C=CC(=O)Nc1cccc(C)c1CN(C=O)C(C)C. The molecule has 0 fully saturated rings. The van der Waals surface area contributed by atoms with Crippen molar-refractivity contribution in [2.45, 2.75) is 33.4 Å². The van der Waals surface area contributed by atoms with E-state index in [4.69, 9.17) is 0 Å². The fourth-order valence-electron chi connectivity index (χ4n) is 1.74. The van der Waals surface area contributed by atoms with Crippen LogP contribution in [0.25, 0.3) is 0 Å². The summed E-state index contributed by atoms with van der Waals surface area (Å²) in [6, 6.07) is 5.77. The number of benzene rings is 1. The van der Waals surface area contributed by atoms with Crippen molar-refractivity contribution in [3.05, 3.63) is 42.0 Å². The maximum atomic E-state index is 11.4. The number of rotatable bonds is 6. The summed E-state index contributed by atoms with van der Waals surface area (Å²) in [6.07, 6.45) is 2.06. The lowest BCUT2D eigenvalue weighted by molar-refractivity contribution is -0.120. The number of carbonyl (C=O) groups excluding carboxylic acids is 2. The normalized spacial score (nSPS) is 10.1. The second-order valence-electron chi connectivity index (χ2n) is 4.67. The van der Waals surface area contributed by atoms with Crippen molar-refractivity contribution < 1.29 is 9.59 Å². The zero-order valence-electron chi connectivity index (χ0n) is 11.6. The molecule has 0 atom stereocenters. The third-order valence-electron chi connectivity index (χ3n) is 2.99. The molecule has 2 amide bonds. The van der Waals surface area contributed by atoms with Gasteiger partial charge < -0.3 is 10.2 Å². The average molecular weight is 260 g/mol. The fraction of sp³-hybridized carbons (Fsp3) is 0.333. The number of nitrogens with one attached hydrogen (secondary N) is 1. The largest absolute Gasteiger partial charge is 0.338 e. The lowest BCUT2D eigenvalue weighted by Gasteiger charge is -2.24. The molecule has 0 radical (unpaired) electrons. The predicted octanol–water partition coefficient (Wildman–Crippen LogP) is 2.49. The highest BCUT2D eigenvalue weighted by Crippen LogP contribution is 2.22. The summed E-state index contributed by atoms with van der Waals surface area (Å²) >= 11 is 0. The van der Waals surface area contributed by atoms with Gasteiger partial charge in [0, 0.05) is 18.3 Å². The molecule has 0 aliphatic rings. The van der Waals surface area contributed by atoms with Crippen molar-refractivity contribution >= 4 is 18.0 Å². The van der Waals surface area contributed by atoms with Crippen LogP contribution in [0.2, 0.25) is 0 Å². The fourth-order valence-corrected chi connectivity index (χ4v) is 1.74. The first-order chi connectivity index (χ1) is 8.99. The van der Waals surface area contributed by atoms with Crippen molar-refractivity contribution in [1.29, 1.82) is 0 Å². The number of carbonyl (C=O) groups is 2. The van der Waals surface area contributed by atoms with E-state index in [1.165, 1.54) is 6.08 Å². The molecule has 1 rings (SSSR count). The van der Waals surface area contributed by atoms with Gasteiger partial charge in [-0.15, -0.1) is 0 Å². The van der Waals surface area contributed by atoms with E-state index in [2.05, 4.69) is 11.9 Å². The minimum Gasteiger partial charge on any atom is -0.338 e. The Labute approximate surface area is 114 Å². The molecule has 0 aromatic heterocycles. The maximum Gasteiger partial charge on any atom is 0.247 e.